The summed E-state index contributed by atoms with van der Waals surface area (Å²) in [6.07, 6.45) is 4.51. The van der Waals surface area contributed by atoms with Crippen LogP contribution >= 0.6 is 11.3 Å². The lowest BCUT2D eigenvalue weighted by molar-refractivity contribution is 1.17. The summed E-state index contributed by atoms with van der Waals surface area (Å²) in [5, 5.41) is 11.5. The van der Waals surface area contributed by atoms with E-state index in [4.69, 9.17) is 11.1 Å². The quantitative estimate of drug-likeness (QED) is 0.486. The molecule has 0 aliphatic carbocycles. The Labute approximate surface area is 75.4 Å². The van der Waals surface area contributed by atoms with Crippen LogP contribution in [0.15, 0.2) is 29.8 Å². The Morgan fingerprint density at radius 3 is 3.17 bits per heavy atom. The molecule has 0 amide bonds. The van der Waals surface area contributed by atoms with Gasteiger partial charge in [-0.2, -0.15) is 0 Å². The van der Waals surface area contributed by atoms with Crippen LogP contribution in [0.3, 0.4) is 0 Å². The second-order valence-electron chi connectivity index (χ2n) is 2.24. The van der Waals surface area contributed by atoms with Crippen LogP contribution in [0.5, 0.6) is 0 Å². The highest BCUT2D eigenvalue weighted by Crippen LogP contribution is 2.08. The molecule has 3 nitrogen and oxygen atoms in total. The molecule has 4 N–H and O–H groups in total. The summed E-state index contributed by atoms with van der Waals surface area (Å²) >= 11 is 1.72. The largest absolute Gasteiger partial charge is 0.370 e. The van der Waals surface area contributed by atoms with Crippen LogP contribution in [0.1, 0.15) is 4.88 Å². The Hall–Kier alpha value is -1.29. The van der Waals surface area contributed by atoms with Gasteiger partial charge < -0.3 is 11.1 Å². The van der Waals surface area contributed by atoms with Gasteiger partial charge in [0.1, 0.15) is 0 Å². The topological polar surface area (TPSA) is 61.9 Å². The number of thiophene rings is 1. The van der Waals surface area contributed by atoms with E-state index in [1.165, 1.54) is 4.88 Å². The molecule has 0 spiro atoms. The number of nitrogens with one attached hydrogen (secondary N) is 2. The van der Waals surface area contributed by atoms with E-state index in [1.807, 2.05) is 17.5 Å². The predicted molar refractivity (Wildman–Crippen MR) is 52.2 cm³/mol. The highest BCUT2D eigenvalue weighted by molar-refractivity contribution is 7.09. The Bertz CT molecular complexity index is 264. The smallest absolute Gasteiger partial charge is 0.189 e. The molecule has 1 rings (SSSR count). The fourth-order valence-electron chi connectivity index (χ4n) is 0.753. The molecule has 0 aliphatic rings. The Kier molecular flexibility index (Phi) is 3.35. The lowest BCUT2D eigenvalue weighted by Crippen LogP contribution is -2.25. The monoisotopic (exact) mass is 181 g/mol. The van der Waals surface area contributed by atoms with Crippen molar-refractivity contribution in [3.05, 3.63) is 34.7 Å². The number of hydrogen-bond donors (Lipinski definition) is 3. The van der Waals surface area contributed by atoms with Crippen molar-refractivity contribution in [2.24, 2.45) is 5.73 Å². The minimum absolute atomic E-state index is 0.0302. The van der Waals surface area contributed by atoms with Crippen LogP contribution < -0.4 is 11.1 Å². The van der Waals surface area contributed by atoms with Crippen molar-refractivity contribution >= 4 is 17.3 Å². The number of hydrogen-bond acceptors (Lipinski definition) is 2. The molecule has 64 valence electrons. The minimum atomic E-state index is -0.0302. The standard InChI is InChI=1S/C8H11N3S/c9-8(10)11-5-1-3-7-4-2-6-12-7/h1-2,4-6H,3H2,(H4,9,10,11)/b5-1+. The third-order valence-corrected chi connectivity index (χ3v) is 2.15. The zero-order valence-electron chi connectivity index (χ0n) is 6.58. The van der Waals surface area contributed by atoms with Crippen molar-refractivity contribution in [2.75, 3.05) is 0 Å². The van der Waals surface area contributed by atoms with Gasteiger partial charge in [-0.3, -0.25) is 5.41 Å². The summed E-state index contributed by atoms with van der Waals surface area (Å²) in [5.74, 6) is -0.0302. The van der Waals surface area contributed by atoms with E-state index in [9.17, 15) is 0 Å². The highest BCUT2D eigenvalue weighted by Gasteiger charge is 1.87. The first-order chi connectivity index (χ1) is 5.79. The van der Waals surface area contributed by atoms with Crippen molar-refractivity contribution in [1.82, 2.24) is 5.32 Å². The molecule has 0 aromatic carbocycles. The van der Waals surface area contributed by atoms with Crippen LogP contribution in [0.25, 0.3) is 0 Å². The second kappa shape index (κ2) is 4.56. The molecule has 0 unspecified atom stereocenters. The van der Waals surface area contributed by atoms with Gasteiger partial charge in [0.25, 0.3) is 0 Å². The van der Waals surface area contributed by atoms with Gasteiger partial charge in [0.05, 0.1) is 0 Å². The fraction of sp³-hybridized carbons (Fsp3) is 0.125. The predicted octanol–water partition coefficient (Wildman–Crippen LogP) is 1.29. The van der Waals surface area contributed by atoms with Gasteiger partial charge in [-0.05, 0) is 11.4 Å². The SMILES string of the molecule is N=C(N)N/C=C/Cc1cccs1. The highest BCUT2D eigenvalue weighted by atomic mass is 32.1. The van der Waals surface area contributed by atoms with Gasteiger partial charge in [-0.1, -0.05) is 12.1 Å². The van der Waals surface area contributed by atoms with Crippen molar-refractivity contribution in [2.45, 2.75) is 6.42 Å². The van der Waals surface area contributed by atoms with Crippen molar-refractivity contribution in [3.63, 3.8) is 0 Å². The molecule has 0 fully saturated rings. The van der Waals surface area contributed by atoms with Crippen LogP contribution in [0.2, 0.25) is 0 Å². The van der Waals surface area contributed by atoms with Crippen LogP contribution in [0, 0.1) is 5.41 Å². The molecule has 0 saturated carbocycles. The summed E-state index contributed by atoms with van der Waals surface area (Å²) < 4.78 is 0. The third kappa shape index (κ3) is 3.21. The lowest BCUT2D eigenvalue weighted by atomic mass is 10.3. The van der Waals surface area contributed by atoms with Crippen molar-refractivity contribution < 1.29 is 0 Å². The Morgan fingerprint density at radius 2 is 2.58 bits per heavy atom. The van der Waals surface area contributed by atoms with E-state index in [1.54, 1.807) is 17.5 Å². The number of allylic oxidation sites excluding steroid dienone is 1. The zero-order chi connectivity index (χ0) is 8.81. The van der Waals surface area contributed by atoms with Crippen LogP contribution in [-0.2, 0) is 6.42 Å². The number of rotatable bonds is 3. The average molecular weight is 181 g/mol. The summed E-state index contributed by atoms with van der Waals surface area (Å²) in [5.41, 5.74) is 5.08. The first kappa shape index (κ1) is 8.80. The molecule has 1 heterocycles. The Balaban J connectivity index is 2.26. The molecule has 0 aliphatic heterocycles. The van der Waals surface area contributed by atoms with Crippen LogP contribution in [-0.4, -0.2) is 5.96 Å². The first-order valence-corrected chi connectivity index (χ1v) is 4.45. The van der Waals surface area contributed by atoms with Gasteiger partial charge in [0, 0.05) is 17.5 Å². The number of guanidine groups is 1. The summed E-state index contributed by atoms with van der Waals surface area (Å²) in [4.78, 5) is 1.30. The van der Waals surface area contributed by atoms with Gasteiger partial charge in [-0.25, -0.2) is 0 Å². The fourth-order valence-corrected chi connectivity index (χ4v) is 1.43. The molecular weight excluding hydrogens is 170 g/mol. The van der Waals surface area contributed by atoms with E-state index in [0.29, 0.717) is 0 Å². The third-order valence-electron chi connectivity index (χ3n) is 1.26. The normalized spacial score (nSPS) is 10.3. The van der Waals surface area contributed by atoms with E-state index >= 15 is 0 Å². The van der Waals surface area contributed by atoms with Gasteiger partial charge in [0.15, 0.2) is 5.96 Å². The van der Waals surface area contributed by atoms with E-state index < -0.39 is 0 Å². The molecule has 0 radical (unpaired) electrons. The molecule has 0 saturated heterocycles. The van der Waals surface area contributed by atoms with Gasteiger partial charge in [0.2, 0.25) is 0 Å². The van der Waals surface area contributed by atoms with Gasteiger partial charge >= 0.3 is 0 Å². The number of nitrogens with two attached hydrogens (primary N) is 1. The molecule has 12 heavy (non-hydrogen) atoms. The summed E-state index contributed by atoms with van der Waals surface area (Å²) in [6.45, 7) is 0. The molecule has 1 aromatic heterocycles. The van der Waals surface area contributed by atoms with E-state index in [0.717, 1.165) is 6.42 Å². The van der Waals surface area contributed by atoms with Gasteiger partial charge in [-0.15, -0.1) is 11.3 Å². The second-order valence-corrected chi connectivity index (χ2v) is 3.28. The average Bonchev–Trinajstić information content (AvgIpc) is 2.49. The van der Waals surface area contributed by atoms with Crippen LogP contribution in [0.4, 0.5) is 0 Å². The minimum Gasteiger partial charge on any atom is -0.370 e. The zero-order valence-corrected chi connectivity index (χ0v) is 7.40. The first-order valence-electron chi connectivity index (χ1n) is 3.57. The molecular formula is C8H11N3S. The molecule has 4 heteroatoms. The van der Waals surface area contributed by atoms with Crippen molar-refractivity contribution in [3.8, 4) is 0 Å². The lowest BCUT2D eigenvalue weighted by Gasteiger charge is -1.93. The van der Waals surface area contributed by atoms with E-state index in [2.05, 4.69) is 11.4 Å². The molecule has 0 atom stereocenters. The maximum atomic E-state index is 6.87. The molecule has 0 bridgehead atoms. The van der Waals surface area contributed by atoms with Crippen molar-refractivity contribution in [1.29, 1.82) is 5.41 Å². The van der Waals surface area contributed by atoms with E-state index in [-0.39, 0.29) is 5.96 Å². The maximum absolute atomic E-state index is 6.87. The molecule has 1 aromatic rings. The summed E-state index contributed by atoms with van der Waals surface area (Å²) in [7, 11) is 0. The maximum Gasteiger partial charge on any atom is 0.189 e. The summed E-state index contributed by atoms with van der Waals surface area (Å²) in [6, 6.07) is 4.09. The Morgan fingerprint density at radius 1 is 1.75 bits per heavy atom.